The highest BCUT2D eigenvalue weighted by atomic mass is 16.6. The maximum absolute atomic E-state index is 11.8. The van der Waals surface area contributed by atoms with Gasteiger partial charge in [-0.3, -0.25) is 14.9 Å². The van der Waals surface area contributed by atoms with Gasteiger partial charge >= 0.3 is 5.88 Å². The number of nitro groups is 1. The summed E-state index contributed by atoms with van der Waals surface area (Å²) in [7, 11) is 0. The van der Waals surface area contributed by atoms with E-state index in [9.17, 15) is 14.9 Å². The van der Waals surface area contributed by atoms with Crippen LogP contribution in [0.1, 0.15) is 28.1 Å². The monoisotopic (exact) mass is 316 g/mol. The average Bonchev–Trinajstić information content (AvgIpc) is 3.03. The molecule has 7 heteroatoms. The lowest BCUT2D eigenvalue weighted by Crippen LogP contribution is -2.24. The van der Waals surface area contributed by atoms with Crippen molar-refractivity contribution in [3.8, 4) is 0 Å². The van der Waals surface area contributed by atoms with Gasteiger partial charge in [-0.15, -0.1) is 0 Å². The molecule has 0 bridgehead atoms. The van der Waals surface area contributed by atoms with Crippen molar-refractivity contribution in [3.05, 3.63) is 63.4 Å². The normalized spacial score (nSPS) is 10.8. The van der Waals surface area contributed by atoms with Crippen LogP contribution in [0.25, 0.3) is 12.2 Å². The maximum atomic E-state index is 11.8. The quantitative estimate of drug-likeness (QED) is 0.464. The van der Waals surface area contributed by atoms with E-state index in [2.05, 4.69) is 5.32 Å². The van der Waals surface area contributed by atoms with Gasteiger partial charge in [-0.2, -0.15) is 0 Å². The van der Waals surface area contributed by atoms with Crippen molar-refractivity contribution in [2.45, 2.75) is 6.42 Å². The van der Waals surface area contributed by atoms with Gasteiger partial charge in [0.05, 0.1) is 6.07 Å². The molecule has 0 aliphatic heterocycles. The fourth-order valence-corrected chi connectivity index (χ4v) is 1.84. The summed E-state index contributed by atoms with van der Waals surface area (Å²) in [6, 6.07) is 9.68. The standard InChI is InChI=1S/C16H16N2O5/c19-11-1-10-17-16(20)13-5-2-12(3-6-13)4-7-14-8-9-15(23-14)18(21)22/h2-9,19H,1,10-11H2,(H,17,20). The molecule has 0 radical (unpaired) electrons. The molecule has 0 aliphatic rings. The number of rotatable bonds is 7. The molecule has 1 aromatic carbocycles. The van der Waals surface area contributed by atoms with Crippen LogP contribution in [0, 0.1) is 10.1 Å². The molecule has 120 valence electrons. The van der Waals surface area contributed by atoms with Crippen LogP contribution in [0.5, 0.6) is 0 Å². The third-order valence-corrected chi connectivity index (χ3v) is 3.03. The summed E-state index contributed by atoms with van der Waals surface area (Å²) >= 11 is 0. The van der Waals surface area contributed by atoms with Crippen LogP contribution in [0.15, 0.2) is 40.8 Å². The largest absolute Gasteiger partial charge is 0.433 e. The lowest BCUT2D eigenvalue weighted by atomic mass is 10.1. The lowest BCUT2D eigenvalue weighted by molar-refractivity contribution is -0.402. The molecular formula is C16H16N2O5. The Morgan fingerprint density at radius 2 is 1.96 bits per heavy atom. The molecule has 7 nitrogen and oxygen atoms in total. The minimum Gasteiger partial charge on any atom is -0.401 e. The van der Waals surface area contributed by atoms with Gasteiger partial charge in [0.25, 0.3) is 5.91 Å². The molecule has 1 aromatic heterocycles. The van der Waals surface area contributed by atoms with Crippen LogP contribution in [0.2, 0.25) is 0 Å². The topological polar surface area (TPSA) is 106 Å². The van der Waals surface area contributed by atoms with Gasteiger partial charge in [0, 0.05) is 18.7 Å². The Balaban J connectivity index is 1.97. The number of benzene rings is 1. The van der Waals surface area contributed by atoms with Gasteiger partial charge in [0.15, 0.2) is 0 Å². The van der Waals surface area contributed by atoms with E-state index in [1.54, 1.807) is 36.4 Å². The first kappa shape index (κ1) is 16.4. The zero-order valence-electron chi connectivity index (χ0n) is 12.3. The smallest absolute Gasteiger partial charge is 0.401 e. The molecule has 2 rings (SSSR count). The molecule has 0 unspecified atom stereocenters. The number of amides is 1. The predicted octanol–water partition coefficient (Wildman–Crippen LogP) is 2.47. The van der Waals surface area contributed by atoms with E-state index >= 15 is 0 Å². The van der Waals surface area contributed by atoms with E-state index in [-0.39, 0.29) is 18.4 Å². The fraction of sp³-hybridized carbons (Fsp3) is 0.188. The number of nitrogens with zero attached hydrogens (tertiary/aromatic N) is 1. The van der Waals surface area contributed by atoms with Gasteiger partial charge in [-0.1, -0.05) is 18.2 Å². The Bertz CT molecular complexity index is 704. The van der Waals surface area contributed by atoms with Crippen LogP contribution < -0.4 is 5.32 Å². The van der Waals surface area contributed by atoms with Crippen molar-refractivity contribution in [2.75, 3.05) is 13.2 Å². The highest BCUT2D eigenvalue weighted by Gasteiger charge is 2.09. The van der Waals surface area contributed by atoms with Crippen LogP contribution >= 0.6 is 0 Å². The van der Waals surface area contributed by atoms with E-state index < -0.39 is 4.92 Å². The van der Waals surface area contributed by atoms with Gasteiger partial charge in [0.1, 0.15) is 10.7 Å². The first-order chi connectivity index (χ1) is 11.1. The van der Waals surface area contributed by atoms with Gasteiger partial charge in [-0.25, -0.2) is 0 Å². The van der Waals surface area contributed by atoms with Crippen molar-refractivity contribution in [2.24, 2.45) is 0 Å². The number of hydrogen-bond donors (Lipinski definition) is 2. The Labute approximate surface area is 132 Å². The number of furan rings is 1. The summed E-state index contributed by atoms with van der Waals surface area (Å²) in [4.78, 5) is 21.7. The molecule has 0 saturated carbocycles. The van der Waals surface area contributed by atoms with Crippen molar-refractivity contribution >= 4 is 23.9 Å². The van der Waals surface area contributed by atoms with Crippen LogP contribution in [0.3, 0.4) is 0 Å². The van der Waals surface area contributed by atoms with Gasteiger partial charge in [0.2, 0.25) is 0 Å². The highest BCUT2D eigenvalue weighted by Crippen LogP contribution is 2.18. The van der Waals surface area contributed by atoms with Crippen molar-refractivity contribution in [3.63, 3.8) is 0 Å². The van der Waals surface area contributed by atoms with Crippen LogP contribution in [-0.2, 0) is 0 Å². The molecule has 0 saturated heterocycles. The Hall–Kier alpha value is -2.93. The van der Waals surface area contributed by atoms with E-state index in [0.29, 0.717) is 24.3 Å². The number of hydrogen-bond acceptors (Lipinski definition) is 5. The minimum atomic E-state index is -0.596. The SMILES string of the molecule is O=C(NCCCO)c1ccc(C=Cc2ccc([N+](=O)[O-])o2)cc1. The van der Waals surface area contributed by atoms with Crippen LogP contribution in [-0.4, -0.2) is 29.1 Å². The Kier molecular flexibility index (Phi) is 5.65. The Morgan fingerprint density at radius 1 is 1.22 bits per heavy atom. The number of nitrogens with one attached hydrogen (secondary N) is 1. The van der Waals surface area contributed by atoms with Gasteiger partial charge in [-0.05, 0) is 36.3 Å². The Morgan fingerprint density at radius 3 is 2.57 bits per heavy atom. The third-order valence-electron chi connectivity index (χ3n) is 3.03. The maximum Gasteiger partial charge on any atom is 0.433 e. The summed E-state index contributed by atoms with van der Waals surface area (Å²) < 4.78 is 5.01. The molecule has 1 amide bonds. The molecule has 0 fully saturated rings. The first-order valence-electron chi connectivity index (χ1n) is 7.01. The number of aliphatic hydroxyl groups is 1. The second kappa shape index (κ2) is 7.90. The molecule has 0 aliphatic carbocycles. The third kappa shape index (κ3) is 4.79. The van der Waals surface area contributed by atoms with E-state index in [1.807, 2.05) is 0 Å². The zero-order valence-corrected chi connectivity index (χ0v) is 12.3. The first-order valence-corrected chi connectivity index (χ1v) is 7.01. The molecule has 0 spiro atoms. The summed E-state index contributed by atoms with van der Waals surface area (Å²) in [5, 5.41) is 21.9. The molecule has 1 heterocycles. The van der Waals surface area contributed by atoms with Crippen molar-refractivity contribution in [1.82, 2.24) is 5.32 Å². The summed E-state index contributed by atoms with van der Waals surface area (Å²) in [6.07, 6.45) is 3.86. The second-order valence-corrected chi connectivity index (χ2v) is 4.72. The molecule has 2 N–H and O–H groups in total. The fourth-order valence-electron chi connectivity index (χ4n) is 1.84. The number of aliphatic hydroxyl groups excluding tert-OH is 1. The van der Waals surface area contributed by atoms with Crippen molar-refractivity contribution < 1.29 is 19.2 Å². The highest BCUT2D eigenvalue weighted by molar-refractivity contribution is 5.94. The molecule has 2 aromatic rings. The van der Waals surface area contributed by atoms with E-state index in [0.717, 1.165) is 5.56 Å². The van der Waals surface area contributed by atoms with Crippen LogP contribution in [0.4, 0.5) is 5.88 Å². The minimum absolute atomic E-state index is 0.0367. The second-order valence-electron chi connectivity index (χ2n) is 4.72. The van der Waals surface area contributed by atoms with E-state index in [4.69, 9.17) is 9.52 Å². The predicted molar refractivity (Wildman–Crippen MR) is 84.8 cm³/mol. The average molecular weight is 316 g/mol. The lowest BCUT2D eigenvalue weighted by Gasteiger charge is -2.04. The summed E-state index contributed by atoms with van der Waals surface area (Å²) in [5.74, 6) is -0.127. The summed E-state index contributed by atoms with van der Waals surface area (Å²) in [6.45, 7) is 0.462. The summed E-state index contributed by atoms with van der Waals surface area (Å²) in [5.41, 5.74) is 1.35. The van der Waals surface area contributed by atoms with E-state index in [1.165, 1.54) is 12.1 Å². The number of carbonyl (C=O) groups is 1. The zero-order chi connectivity index (χ0) is 16.7. The van der Waals surface area contributed by atoms with Gasteiger partial charge < -0.3 is 14.8 Å². The molecule has 0 atom stereocenters. The number of carbonyl (C=O) groups excluding carboxylic acids is 1. The van der Waals surface area contributed by atoms with Crippen molar-refractivity contribution in [1.29, 1.82) is 0 Å². The molecular weight excluding hydrogens is 300 g/mol. The molecule has 23 heavy (non-hydrogen) atoms.